The maximum absolute atomic E-state index is 13.4. The molecule has 0 fully saturated rings. The van der Waals surface area contributed by atoms with Crippen molar-refractivity contribution < 1.29 is 9.18 Å². The summed E-state index contributed by atoms with van der Waals surface area (Å²) in [6, 6.07) is 20.2. The molecule has 0 bridgehead atoms. The Labute approximate surface area is 193 Å². The van der Waals surface area contributed by atoms with Crippen LogP contribution < -0.4 is 5.32 Å². The zero-order valence-corrected chi connectivity index (χ0v) is 18.7. The molecular formula is C26H28FN5O. The third-order valence-electron chi connectivity index (χ3n) is 5.54. The summed E-state index contributed by atoms with van der Waals surface area (Å²) in [5.41, 5.74) is 2.43. The first kappa shape index (κ1) is 22.5. The molecule has 0 aliphatic heterocycles. The highest BCUT2D eigenvalue weighted by atomic mass is 19.1. The van der Waals surface area contributed by atoms with Crippen molar-refractivity contribution in [3.8, 4) is 11.5 Å². The zero-order chi connectivity index (χ0) is 23.0. The average Bonchev–Trinajstić information content (AvgIpc) is 3.52. The Hall–Kier alpha value is -3.71. The first-order valence-electron chi connectivity index (χ1n) is 11.2. The summed E-state index contributed by atoms with van der Waals surface area (Å²) in [6.45, 7) is 5.45. The first-order chi connectivity index (χ1) is 16.2. The summed E-state index contributed by atoms with van der Waals surface area (Å²) in [6.07, 6.45) is 6.12. The minimum Gasteiger partial charge on any atom is -0.352 e. The van der Waals surface area contributed by atoms with E-state index < -0.39 is 0 Å². The molecule has 0 saturated heterocycles. The van der Waals surface area contributed by atoms with Gasteiger partial charge in [-0.2, -0.15) is 5.10 Å². The topological polar surface area (TPSA) is 55.1 Å². The summed E-state index contributed by atoms with van der Waals surface area (Å²) in [5.74, 6) is 0.112. The molecule has 0 radical (unpaired) electrons. The maximum Gasteiger partial charge on any atom is 0.256 e. The molecule has 33 heavy (non-hydrogen) atoms. The molecule has 4 rings (SSSR count). The van der Waals surface area contributed by atoms with Crippen molar-refractivity contribution in [3.63, 3.8) is 0 Å². The number of hydrogen-bond acceptors (Lipinski definition) is 3. The molecule has 0 unspecified atom stereocenters. The van der Waals surface area contributed by atoms with Gasteiger partial charge in [-0.05, 0) is 54.9 Å². The van der Waals surface area contributed by atoms with Crippen molar-refractivity contribution in [3.05, 3.63) is 102 Å². The third kappa shape index (κ3) is 5.56. The van der Waals surface area contributed by atoms with Gasteiger partial charge in [0.25, 0.3) is 5.91 Å². The molecule has 4 aromatic rings. The fourth-order valence-corrected chi connectivity index (χ4v) is 3.79. The van der Waals surface area contributed by atoms with Crippen LogP contribution in [0, 0.1) is 5.82 Å². The van der Waals surface area contributed by atoms with Crippen molar-refractivity contribution in [1.82, 2.24) is 24.6 Å². The molecule has 0 spiro atoms. The number of rotatable bonds is 10. The highest BCUT2D eigenvalue weighted by Gasteiger charge is 2.19. The molecule has 1 amide bonds. The van der Waals surface area contributed by atoms with E-state index >= 15 is 0 Å². The van der Waals surface area contributed by atoms with Gasteiger partial charge in [0.15, 0.2) is 5.82 Å². The lowest BCUT2D eigenvalue weighted by molar-refractivity contribution is 0.0951. The van der Waals surface area contributed by atoms with Crippen molar-refractivity contribution in [2.24, 2.45) is 0 Å². The van der Waals surface area contributed by atoms with Crippen molar-refractivity contribution in [1.29, 1.82) is 0 Å². The minimum absolute atomic E-state index is 0.182. The second-order valence-corrected chi connectivity index (χ2v) is 7.82. The standard InChI is InChI=1S/C26H28FN5O/c1-2-30(20-21-9-4-3-5-10-21)16-8-15-28-25(33)24-19-29-32(23-13-11-22(27)12-14-23)26(24)31-17-6-7-18-31/h3-7,9-14,17-19H,2,8,15-16,20H2,1H3,(H,28,33). The van der Waals surface area contributed by atoms with Crippen LogP contribution in [0.3, 0.4) is 0 Å². The van der Waals surface area contributed by atoms with Crippen LogP contribution in [0.15, 0.2) is 85.3 Å². The van der Waals surface area contributed by atoms with Crippen molar-refractivity contribution >= 4 is 5.91 Å². The molecule has 0 saturated carbocycles. The average molecular weight is 446 g/mol. The summed E-state index contributed by atoms with van der Waals surface area (Å²) < 4.78 is 16.9. The van der Waals surface area contributed by atoms with Gasteiger partial charge < -0.3 is 9.88 Å². The number of aromatic nitrogens is 3. The van der Waals surface area contributed by atoms with Gasteiger partial charge in [0.1, 0.15) is 11.4 Å². The summed E-state index contributed by atoms with van der Waals surface area (Å²) in [5, 5.41) is 7.44. The van der Waals surface area contributed by atoms with Gasteiger partial charge in [-0.15, -0.1) is 0 Å². The van der Waals surface area contributed by atoms with Crippen LogP contribution in [0.5, 0.6) is 0 Å². The monoisotopic (exact) mass is 445 g/mol. The molecule has 0 atom stereocenters. The highest BCUT2D eigenvalue weighted by molar-refractivity contribution is 5.97. The molecule has 2 aromatic carbocycles. The van der Waals surface area contributed by atoms with E-state index in [4.69, 9.17) is 0 Å². The van der Waals surface area contributed by atoms with Crippen molar-refractivity contribution in [2.45, 2.75) is 19.9 Å². The molecule has 0 aliphatic rings. The van der Waals surface area contributed by atoms with Gasteiger partial charge in [0, 0.05) is 32.0 Å². The Morgan fingerprint density at radius 2 is 1.76 bits per heavy atom. The van der Waals surface area contributed by atoms with Crippen LogP contribution in [-0.4, -0.2) is 44.8 Å². The Morgan fingerprint density at radius 3 is 2.45 bits per heavy atom. The maximum atomic E-state index is 13.4. The SMILES string of the molecule is CCN(CCCNC(=O)c1cnn(-c2ccc(F)cc2)c1-n1cccc1)Cc1ccccc1. The second kappa shape index (κ2) is 10.7. The van der Waals surface area contributed by atoms with Crippen LogP contribution in [-0.2, 0) is 6.54 Å². The summed E-state index contributed by atoms with van der Waals surface area (Å²) in [7, 11) is 0. The number of amides is 1. The van der Waals surface area contributed by atoms with E-state index in [0.717, 1.165) is 26.1 Å². The Bertz CT molecular complexity index is 1150. The zero-order valence-electron chi connectivity index (χ0n) is 18.7. The third-order valence-corrected chi connectivity index (χ3v) is 5.54. The van der Waals surface area contributed by atoms with Gasteiger partial charge in [0.05, 0.1) is 11.9 Å². The van der Waals surface area contributed by atoms with E-state index in [2.05, 4.69) is 46.5 Å². The van der Waals surface area contributed by atoms with E-state index in [1.807, 2.05) is 35.2 Å². The van der Waals surface area contributed by atoms with E-state index in [-0.39, 0.29) is 11.7 Å². The van der Waals surface area contributed by atoms with Crippen LogP contribution in [0.2, 0.25) is 0 Å². The number of halogens is 1. The first-order valence-corrected chi connectivity index (χ1v) is 11.2. The second-order valence-electron chi connectivity index (χ2n) is 7.82. The van der Waals surface area contributed by atoms with Crippen molar-refractivity contribution in [2.75, 3.05) is 19.6 Å². The molecular weight excluding hydrogens is 417 g/mol. The van der Waals surface area contributed by atoms with Gasteiger partial charge in [0.2, 0.25) is 0 Å². The van der Waals surface area contributed by atoms with E-state index in [1.54, 1.807) is 23.0 Å². The molecule has 6 nitrogen and oxygen atoms in total. The minimum atomic E-state index is -0.320. The number of nitrogens with one attached hydrogen (secondary N) is 1. The van der Waals surface area contributed by atoms with Gasteiger partial charge in [-0.25, -0.2) is 9.07 Å². The Balaban J connectivity index is 1.41. The quantitative estimate of drug-likeness (QED) is 0.367. The van der Waals surface area contributed by atoms with E-state index in [9.17, 15) is 9.18 Å². The lowest BCUT2D eigenvalue weighted by Crippen LogP contribution is -2.30. The largest absolute Gasteiger partial charge is 0.352 e. The predicted octanol–water partition coefficient (Wildman–Crippen LogP) is 4.44. The molecule has 1 N–H and O–H groups in total. The van der Waals surface area contributed by atoms with Crippen LogP contribution in [0.1, 0.15) is 29.3 Å². The fraction of sp³-hybridized carbons (Fsp3) is 0.231. The molecule has 2 aromatic heterocycles. The summed E-state index contributed by atoms with van der Waals surface area (Å²) in [4.78, 5) is 15.4. The lowest BCUT2D eigenvalue weighted by Gasteiger charge is -2.20. The number of carbonyl (C=O) groups is 1. The van der Waals surface area contributed by atoms with Crippen LogP contribution in [0.25, 0.3) is 11.5 Å². The molecule has 170 valence electrons. The molecule has 7 heteroatoms. The van der Waals surface area contributed by atoms with Gasteiger partial charge in [-0.3, -0.25) is 9.69 Å². The Morgan fingerprint density at radius 1 is 1.03 bits per heavy atom. The molecule has 0 aliphatic carbocycles. The number of nitrogens with zero attached hydrogens (tertiary/aromatic N) is 4. The smallest absolute Gasteiger partial charge is 0.256 e. The van der Waals surface area contributed by atoms with Crippen LogP contribution >= 0.6 is 0 Å². The fourth-order valence-electron chi connectivity index (χ4n) is 3.79. The predicted molar refractivity (Wildman–Crippen MR) is 127 cm³/mol. The Kier molecular flexibility index (Phi) is 7.32. The molecule has 2 heterocycles. The van der Waals surface area contributed by atoms with E-state index in [1.165, 1.54) is 17.7 Å². The van der Waals surface area contributed by atoms with Crippen LogP contribution in [0.4, 0.5) is 4.39 Å². The summed E-state index contributed by atoms with van der Waals surface area (Å²) >= 11 is 0. The normalized spacial score (nSPS) is 11.1. The lowest BCUT2D eigenvalue weighted by atomic mass is 10.2. The number of hydrogen-bond donors (Lipinski definition) is 1. The van der Waals surface area contributed by atoms with Gasteiger partial charge >= 0.3 is 0 Å². The van der Waals surface area contributed by atoms with Gasteiger partial charge in [-0.1, -0.05) is 37.3 Å². The number of benzene rings is 2. The highest BCUT2D eigenvalue weighted by Crippen LogP contribution is 2.20. The van der Waals surface area contributed by atoms with E-state index in [0.29, 0.717) is 23.6 Å². The number of carbonyl (C=O) groups excluding carboxylic acids is 1.